The summed E-state index contributed by atoms with van der Waals surface area (Å²) in [5, 5.41) is 9.07. The van der Waals surface area contributed by atoms with E-state index in [1.807, 2.05) is 36.4 Å². The molecule has 0 radical (unpaired) electrons. The molecule has 0 bridgehead atoms. The summed E-state index contributed by atoms with van der Waals surface area (Å²) in [6.07, 6.45) is -0.536. The molecular formula is C29H36O5. The molecule has 0 heterocycles. The zero-order chi connectivity index (χ0) is 23.8. The Bertz CT molecular complexity index is 1020. The van der Waals surface area contributed by atoms with E-state index in [1.54, 1.807) is 0 Å². The average Bonchev–Trinajstić information content (AvgIpc) is 2.81. The molecule has 0 amide bonds. The number of ether oxygens (including phenoxy) is 3. The molecule has 0 saturated carbocycles. The van der Waals surface area contributed by atoms with Crippen molar-refractivity contribution in [3.63, 3.8) is 0 Å². The number of hydrogen-bond donors (Lipinski definition) is 1. The van der Waals surface area contributed by atoms with Gasteiger partial charge in [-0.25, -0.2) is 4.79 Å². The maximum atomic E-state index is 11.1. The molecule has 182 valence electrons. The van der Waals surface area contributed by atoms with Gasteiger partial charge >= 0.3 is 5.97 Å². The Morgan fingerprint density at radius 1 is 0.794 bits per heavy atom. The lowest BCUT2D eigenvalue weighted by atomic mass is 9.86. The summed E-state index contributed by atoms with van der Waals surface area (Å²) >= 11 is 0. The average molecular weight is 465 g/mol. The summed E-state index contributed by atoms with van der Waals surface area (Å²) in [5.41, 5.74) is 4.67. The number of hydrogen-bond acceptors (Lipinski definition) is 4. The second kappa shape index (κ2) is 12.2. The minimum atomic E-state index is -0.971. The van der Waals surface area contributed by atoms with Gasteiger partial charge in [0.15, 0.2) is 6.10 Å². The van der Waals surface area contributed by atoms with Crippen LogP contribution in [0.2, 0.25) is 0 Å². The number of carboxylic acids is 1. The molecule has 1 N–H and O–H groups in total. The highest BCUT2D eigenvalue weighted by molar-refractivity contribution is 5.72. The Hall–Kier alpha value is -3.31. The van der Waals surface area contributed by atoms with E-state index in [0.29, 0.717) is 25.4 Å². The van der Waals surface area contributed by atoms with Gasteiger partial charge in [-0.05, 0) is 51.9 Å². The van der Waals surface area contributed by atoms with Gasteiger partial charge in [0.05, 0.1) is 0 Å². The molecule has 3 aromatic carbocycles. The Kier molecular flexibility index (Phi) is 9.69. The summed E-state index contributed by atoms with van der Waals surface area (Å²) < 4.78 is 16.5. The van der Waals surface area contributed by atoms with E-state index in [9.17, 15) is 4.79 Å². The highest BCUT2D eigenvalue weighted by Crippen LogP contribution is 2.27. The van der Waals surface area contributed by atoms with Crippen molar-refractivity contribution in [2.24, 2.45) is 0 Å². The van der Waals surface area contributed by atoms with Gasteiger partial charge in [0.1, 0.15) is 24.7 Å². The van der Waals surface area contributed by atoms with Crippen LogP contribution in [0.25, 0.3) is 11.1 Å². The van der Waals surface area contributed by atoms with Crippen LogP contribution < -0.4 is 9.47 Å². The maximum Gasteiger partial charge on any atom is 0.333 e. The molecule has 0 spiro atoms. The summed E-state index contributed by atoms with van der Waals surface area (Å²) in [5.74, 6) is 0.533. The molecule has 0 aliphatic heterocycles. The van der Waals surface area contributed by atoms with Gasteiger partial charge in [0.25, 0.3) is 0 Å². The molecule has 5 nitrogen and oxygen atoms in total. The summed E-state index contributed by atoms with van der Waals surface area (Å²) in [6.45, 7) is 7.47. The molecule has 0 fully saturated rings. The molecule has 1 atom stereocenters. The van der Waals surface area contributed by atoms with Crippen LogP contribution in [-0.4, -0.2) is 37.5 Å². The molecule has 3 rings (SSSR count). The van der Waals surface area contributed by atoms with Crippen molar-refractivity contribution < 1.29 is 24.1 Å². The molecule has 0 aromatic heterocycles. The second-order valence-electron chi connectivity index (χ2n) is 8.96. The lowest BCUT2D eigenvalue weighted by Crippen LogP contribution is -2.24. The van der Waals surface area contributed by atoms with Crippen molar-refractivity contribution in [1.82, 2.24) is 0 Å². The molecule has 0 aliphatic rings. The number of aliphatic carboxylic acids is 1. The Morgan fingerprint density at radius 3 is 1.65 bits per heavy atom. The van der Waals surface area contributed by atoms with E-state index in [0.717, 1.165) is 16.9 Å². The van der Waals surface area contributed by atoms with Crippen LogP contribution >= 0.6 is 0 Å². The molecular weight excluding hydrogens is 428 g/mol. The highest BCUT2D eigenvalue weighted by Gasteiger charge is 2.16. The van der Waals surface area contributed by atoms with Crippen LogP contribution in [0.5, 0.6) is 11.5 Å². The van der Waals surface area contributed by atoms with Crippen molar-refractivity contribution in [3.05, 3.63) is 83.9 Å². The summed E-state index contributed by atoms with van der Waals surface area (Å²) in [4.78, 5) is 11.1. The van der Waals surface area contributed by atoms with E-state index in [4.69, 9.17) is 19.3 Å². The zero-order valence-corrected chi connectivity index (χ0v) is 19.7. The monoisotopic (exact) mass is 464 g/mol. The quantitative estimate of drug-likeness (QED) is 0.352. The smallest absolute Gasteiger partial charge is 0.333 e. The first-order valence-electron chi connectivity index (χ1n) is 11.1. The first-order valence-corrected chi connectivity index (χ1v) is 11.1. The fourth-order valence-corrected chi connectivity index (χ4v) is 3.43. The van der Waals surface area contributed by atoms with E-state index in [1.165, 1.54) is 18.2 Å². The van der Waals surface area contributed by atoms with Crippen LogP contribution in [0.3, 0.4) is 0 Å². The molecule has 3 aromatic rings. The van der Waals surface area contributed by atoms with Crippen molar-refractivity contribution in [3.8, 4) is 22.6 Å². The van der Waals surface area contributed by atoms with Crippen molar-refractivity contribution >= 4 is 5.97 Å². The van der Waals surface area contributed by atoms with E-state index >= 15 is 0 Å². The topological polar surface area (TPSA) is 65.0 Å². The highest BCUT2D eigenvalue weighted by atomic mass is 16.5. The molecule has 0 saturated heterocycles. The van der Waals surface area contributed by atoms with Crippen LogP contribution in [0.4, 0.5) is 0 Å². The number of carbonyl (C=O) groups is 1. The maximum absolute atomic E-state index is 11.1. The van der Waals surface area contributed by atoms with Gasteiger partial charge in [-0.3, -0.25) is 0 Å². The number of benzene rings is 3. The minimum Gasteiger partial charge on any atom is -0.490 e. The minimum absolute atomic E-state index is 0. The summed E-state index contributed by atoms with van der Waals surface area (Å²) in [6, 6.07) is 24.1. The summed E-state index contributed by atoms with van der Waals surface area (Å²) in [7, 11) is 1.40. The van der Waals surface area contributed by atoms with Crippen molar-refractivity contribution in [1.29, 1.82) is 0 Å². The van der Waals surface area contributed by atoms with Gasteiger partial charge in [-0.1, -0.05) is 76.7 Å². The van der Waals surface area contributed by atoms with Crippen molar-refractivity contribution in [2.75, 3.05) is 20.3 Å². The second-order valence-corrected chi connectivity index (χ2v) is 8.96. The SMILES string of the molecule is C.CO[C@@H](Cc1ccc(OCCOc2ccc(-c3ccc(C(C)(C)C)cc3)cc2)cc1)C(=O)O. The molecule has 0 unspecified atom stereocenters. The van der Waals surface area contributed by atoms with Crippen molar-refractivity contribution in [2.45, 2.75) is 46.1 Å². The molecule has 0 aliphatic carbocycles. The predicted molar refractivity (Wildman–Crippen MR) is 137 cm³/mol. The fraction of sp³-hybridized carbons (Fsp3) is 0.345. The Morgan fingerprint density at radius 2 is 1.24 bits per heavy atom. The number of rotatable bonds is 10. The fourth-order valence-electron chi connectivity index (χ4n) is 3.43. The third kappa shape index (κ3) is 7.63. The van der Waals surface area contributed by atoms with Crippen LogP contribution in [0.1, 0.15) is 39.3 Å². The first-order chi connectivity index (χ1) is 15.8. The number of carboxylic acid groups (broad SMARTS) is 1. The lowest BCUT2D eigenvalue weighted by Gasteiger charge is -2.19. The zero-order valence-electron chi connectivity index (χ0n) is 19.7. The standard InChI is InChI=1S/C28H32O5.CH4/c1-28(2,3)23-11-7-21(8-12-23)22-9-15-25(16-10-22)33-18-17-32-24-13-5-20(6-14-24)19-26(31-4)27(29)30;/h5-16,26H,17-19H2,1-4H3,(H,29,30);1H4/t26-;/m0./s1. The van der Waals surface area contributed by atoms with E-state index in [-0.39, 0.29) is 12.8 Å². The Balaban J connectivity index is 0.00000408. The van der Waals surface area contributed by atoms with Crippen LogP contribution in [-0.2, 0) is 21.4 Å². The van der Waals surface area contributed by atoms with Crippen LogP contribution in [0, 0.1) is 0 Å². The van der Waals surface area contributed by atoms with E-state index < -0.39 is 12.1 Å². The van der Waals surface area contributed by atoms with E-state index in [2.05, 4.69) is 57.2 Å². The third-order valence-corrected chi connectivity index (χ3v) is 5.46. The van der Waals surface area contributed by atoms with Gasteiger partial charge in [-0.2, -0.15) is 0 Å². The number of methoxy groups -OCH3 is 1. The third-order valence-electron chi connectivity index (χ3n) is 5.46. The van der Waals surface area contributed by atoms with Gasteiger partial charge in [0.2, 0.25) is 0 Å². The first kappa shape index (κ1) is 26.9. The normalized spacial score (nSPS) is 11.9. The Labute approximate surface area is 203 Å². The lowest BCUT2D eigenvalue weighted by molar-refractivity contribution is -0.148. The van der Waals surface area contributed by atoms with Crippen LogP contribution in [0.15, 0.2) is 72.8 Å². The van der Waals surface area contributed by atoms with Gasteiger partial charge < -0.3 is 19.3 Å². The van der Waals surface area contributed by atoms with Gasteiger partial charge in [-0.15, -0.1) is 0 Å². The molecule has 34 heavy (non-hydrogen) atoms. The largest absolute Gasteiger partial charge is 0.490 e. The predicted octanol–water partition coefficient (Wildman–Crippen LogP) is 6.39. The van der Waals surface area contributed by atoms with Gasteiger partial charge in [0, 0.05) is 13.5 Å². The molecule has 5 heteroatoms.